The third-order valence-corrected chi connectivity index (χ3v) is 12.0. The zero-order valence-electron chi connectivity index (χ0n) is 28.2. The molecule has 47 heavy (non-hydrogen) atoms. The fraction of sp³-hybridized carbons (Fsp3) is 0.239. The summed E-state index contributed by atoms with van der Waals surface area (Å²) in [6.07, 6.45) is 6.91. The van der Waals surface area contributed by atoms with E-state index in [0.717, 1.165) is 40.7 Å². The molecular weight excluding hydrogens is 569 g/mol. The van der Waals surface area contributed by atoms with Crippen LogP contribution in [0.5, 0.6) is 0 Å². The number of ketones is 1. The van der Waals surface area contributed by atoms with Gasteiger partial charge >= 0.3 is 0 Å². The molecule has 0 aromatic heterocycles. The van der Waals surface area contributed by atoms with Crippen molar-refractivity contribution in [2.75, 3.05) is 0 Å². The summed E-state index contributed by atoms with van der Waals surface area (Å²) < 4.78 is 0. The Labute approximate surface area is 278 Å². The predicted molar refractivity (Wildman–Crippen MR) is 195 cm³/mol. The van der Waals surface area contributed by atoms with Crippen molar-refractivity contribution in [2.45, 2.75) is 70.6 Å². The first-order valence-electron chi connectivity index (χ1n) is 17.1. The van der Waals surface area contributed by atoms with Crippen molar-refractivity contribution in [1.82, 2.24) is 0 Å². The third kappa shape index (κ3) is 3.80. The Balaban J connectivity index is 1.13. The molecule has 230 valence electrons. The van der Waals surface area contributed by atoms with Gasteiger partial charge in [-0.25, -0.2) is 0 Å². The number of hydrogen-bond acceptors (Lipinski definition) is 1. The van der Waals surface area contributed by atoms with E-state index in [2.05, 4.69) is 151 Å². The highest BCUT2D eigenvalue weighted by atomic mass is 16.1. The Morgan fingerprint density at radius 3 is 1.64 bits per heavy atom. The Hall–Kier alpha value is -4.75. The lowest BCUT2D eigenvalue weighted by Gasteiger charge is -2.35. The average Bonchev–Trinajstić information content (AvgIpc) is 3.46. The molecule has 0 unspecified atom stereocenters. The summed E-state index contributed by atoms with van der Waals surface area (Å²) in [5.74, 6) is 0.120. The molecule has 0 atom stereocenters. The molecule has 0 radical (unpaired) electrons. The van der Waals surface area contributed by atoms with Gasteiger partial charge in [-0.15, -0.1) is 0 Å². The fourth-order valence-electron chi connectivity index (χ4n) is 9.29. The standard InChI is InChI=1S/C46H40O/c1-44(2)37-13-9-7-11-31(37)35-23-27(17-21-39(35)44)29-15-19-33-41(25-29)46(5,6)42-26-30(16-20-34(42)43(33)47)28-18-22-40-36(24-28)32-12-8-10-14-38(32)45(40,3)4/h7-9,11-13,15-26H,10,14H2,1-6H3. The second kappa shape index (κ2) is 9.41. The summed E-state index contributed by atoms with van der Waals surface area (Å²) in [6.45, 7) is 13.9. The molecule has 0 saturated heterocycles. The van der Waals surface area contributed by atoms with Gasteiger partial charge in [-0.1, -0.05) is 132 Å². The van der Waals surface area contributed by atoms with Crippen LogP contribution in [0, 0.1) is 0 Å². The maximum atomic E-state index is 14.0. The van der Waals surface area contributed by atoms with E-state index in [0.29, 0.717) is 0 Å². The molecule has 0 bridgehead atoms. The van der Waals surface area contributed by atoms with Crippen LogP contribution in [0.1, 0.15) is 104 Å². The minimum atomic E-state index is -0.337. The monoisotopic (exact) mass is 608 g/mol. The molecule has 0 spiro atoms. The van der Waals surface area contributed by atoms with Crippen molar-refractivity contribution >= 4 is 11.4 Å². The SMILES string of the molecule is CC1(C)C2=C(C=CCC2)c2cc(-c3ccc4c(c3)C(C)(C)c3cc(-c5ccc6c(c5)-c5ccccc5C6(C)C)ccc3C4=O)ccc21. The van der Waals surface area contributed by atoms with Crippen molar-refractivity contribution in [3.05, 3.63) is 159 Å². The lowest BCUT2D eigenvalue weighted by Crippen LogP contribution is -2.30. The van der Waals surface area contributed by atoms with Crippen molar-refractivity contribution < 1.29 is 4.79 Å². The Bertz CT molecular complexity index is 2280. The first-order chi connectivity index (χ1) is 22.5. The van der Waals surface area contributed by atoms with Crippen LogP contribution in [0.15, 0.2) is 115 Å². The Morgan fingerprint density at radius 2 is 0.979 bits per heavy atom. The van der Waals surface area contributed by atoms with Crippen LogP contribution in [0.2, 0.25) is 0 Å². The molecule has 4 aliphatic carbocycles. The lowest BCUT2D eigenvalue weighted by atomic mass is 9.67. The van der Waals surface area contributed by atoms with Gasteiger partial charge in [0.15, 0.2) is 5.78 Å². The topological polar surface area (TPSA) is 17.1 Å². The maximum absolute atomic E-state index is 14.0. The van der Waals surface area contributed by atoms with E-state index >= 15 is 0 Å². The maximum Gasteiger partial charge on any atom is 0.193 e. The van der Waals surface area contributed by atoms with Crippen LogP contribution in [-0.4, -0.2) is 5.78 Å². The Kier molecular flexibility index (Phi) is 5.70. The summed E-state index contributed by atoms with van der Waals surface area (Å²) in [6, 6.07) is 35.7. The van der Waals surface area contributed by atoms with E-state index in [9.17, 15) is 4.79 Å². The smallest absolute Gasteiger partial charge is 0.193 e. The molecule has 1 nitrogen and oxygen atoms in total. The molecule has 5 aromatic carbocycles. The molecule has 0 fully saturated rings. The first-order valence-corrected chi connectivity index (χ1v) is 17.1. The number of allylic oxidation sites excluding steroid dienone is 4. The van der Waals surface area contributed by atoms with Gasteiger partial charge in [0, 0.05) is 27.4 Å². The summed E-state index contributed by atoms with van der Waals surface area (Å²) in [5.41, 5.74) is 19.4. The van der Waals surface area contributed by atoms with E-state index in [-0.39, 0.29) is 22.0 Å². The van der Waals surface area contributed by atoms with E-state index in [1.807, 2.05) is 0 Å². The zero-order chi connectivity index (χ0) is 32.5. The van der Waals surface area contributed by atoms with Gasteiger partial charge in [0.05, 0.1) is 0 Å². The van der Waals surface area contributed by atoms with E-state index < -0.39 is 0 Å². The van der Waals surface area contributed by atoms with Gasteiger partial charge < -0.3 is 0 Å². The van der Waals surface area contributed by atoms with Crippen LogP contribution in [-0.2, 0) is 16.2 Å². The molecule has 1 heteroatoms. The zero-order valence-corrected chi connectivity index (χ0v) is 28.2. The fourth-order valence-corrected chi connectivity index (χ4v) is 9.29. The average molecular weight is 609 g/mol. The molecule has 0 heterocycles. The van der Waals surface area contributed by atoms with E-state index in [1.54, 1.807) is 5.57 Å². The van der Waals surface area contributed by atoms with Crippen molar-refractivity contribution in [1.29, 1.82) is 0 Å². The molecule has 5 aromatic rings. The summed E-state index contributed by atoms with van der Waals surface area (Å²) in [4.78, 5) is 14.0. The highest BCUT2D eigenvalue weighted by molar-refractivity contribution is 6.13. The molecule has 0 aliphatic heterocycles. The van der Waals surface area contributed by atoms with Crippen molar-refractivity contribution in [3.63, 3.8) is 0 Å². The van der Waals surface area contributed by atoms with E-state index in [1.165, 1.54) is 55.6 Å². The summed E-state index contributed by atoms with van der Waals surface area (Å²) in [7, 11) is 0. The number of hydrogen-bond donors (Lipinski definition) is 0. The van der Waals surface area contributed by atoms with Crippen LogP contribution in [0.3, 0.4) is 0 Å². The minimum Gasteiger partial charge on any atom is -0.289 e. The summed E-state index contributed by atoms with van der Waals surface area (Å²) >= 11 is 0. The van der Waals surface area contributed by atoms with Crippen LogP contribution >= 0.6 is 0 Å². The van der Waals surface area contributed by atoms with E-state index in [4.69, 9.17) is 0 Å². The van der Waals surface area contributed by atoms with Gasteiger partial charge in [0.25, 0.3) is 0 Å². The number of rotatable bonds is 2. The number of benzene rings is 5. The Morgan fingerprint density at radius 1 is 0.468 bits per heavy atom. The van der Waals surface area contributed by atoms with Crippen LogP contribution in [0.4, 0.5) is 0 Å². The first kappa shape index (κ1) is 28.5. The van der Waals surface area contributed by atoms with Gasteiger partial charge in [0.2, 0.25) is 0 Å². The number of carbonyl (C=O) groups is 1. The quantitative estimate of drug-likeness (QED) is 0.195. The molecule has 9 rings (SSSR count). The molecule has 0 saturated carbocycles. The lowest BCUT2D eigenvalue weighted by molar-refractivity contribution is 0.103. The molecule has 0 N–H and O–H groups in total. The third-order valence-electron chi connectivity index (χ3n) is 12.0. The predicted octanol–water partition coefficient (Wildman–Crippen LogP) is 11.6. The normalized spacial score (nSPS) is 18.6. The van der Waals surface area contributed by atoms with Gasteiger partial charge in [-0.3, -0.25) is 4.79 Å². The second-order valence-electron chi connectivity index (χ2n) is 15.6. The van der Waals surface area contributed by atoms with Gasteiger partial charge in [-0.2, -0.15) is 0 Å². The largest absolute Gasteiger partial charge is 0.289 e. The van der Waals surface area contributed by atoms with Crippen molar-refractivity contribution in [3.8, 4) is 33.4 Å². The van der Waals surface area contributed by atoms with Crippen LogP contribution in [0.25, 0.3) is 39.0 Å². The van der Waals surface area contributed by atoms with Crippen LogP contribution < -0.4 is 0 Å². The molecule has 4 aliphatic rings. The summed E-state index contributed by atoms with van der Waals surface area (Å²) in [5, 5.41) is 0. The highest BCUT2D eigenvalue weighted by Gasteiger charge is 2.40. The van der Waals surface area contributed by atoms with Gasteiger partial charge in [0.1, 0.15) is 0 Å². The second-order valence-corrected chi connectivity index (χ2v) is 15.6. The minimum absolute atomic E-state index is 0.0164. The highest BCUT2D eigenvalue weighted by Crippen LogP contribution is 2.52. The number of carbonyl (C=O) groups excluding carboxylic acids is 1. The number of fused-ring (bicyclic) bond motifs is 7. The molecular formula is C46H40O. The van der Waals surface area contributed by atoms with Crippen molar-refractivity contribution in [2.24, 2.45) is 0 Å². The molecule has 0 amide bonds. The van der Waals surface area contributed by atoms with Gasteiger partial charge in [-0.05, 0) is 109 Å².